The molecule has 1 aromatic heterocycles. The third-order valence-electron chi connectivity index (χ3n) is 3.08. The molecule has 0 radical (unpaired) electrons. The zero-order chi connectivity index (χ0) is 13.1. The van der Waals surface area contributed by atoms with E-state index in [9.17, 15) is 9.18 Å². The van der Waals surface area contributed by atoms with Gasteiger partial charge in [0, 0.05) is 6.04 Å². The highest BCUT2D eigenvalue weighted by molar-refractivity contribution is 6.28. The average molecular weight is 274 g/mol. The summed E-state index contributed by atoms with van der Waals surface area (Å²) < 4.78 is 13.4. The minimum Gasteiger partial charge on any atom is -0.481 e. The highest BCUT2D eigenvalue weighted by atomic mass is 35.5. The number of carboxylic acid groups (broad SMARTS) is 1. The summed E-state index contributed by atoms with van der Waals surface area (Å²) in [5, 5.41) is 11.8. The first-order chi connectivity index (χ1) is 8.56. The number of nitrogens with zero attached hydrogens (tertiary/aromatic N) is 2. The molecule has 0 amide bonds. The molecule has 18 heavy (non-hydrogen) atoms. The maximum Gasteiger partial charge on any atom is 0.306 e. The molecular weight excluding hydrogens is 261 g/mol. The lowest BCUT2D eigenvalue weighted by Crippen LogP contribution is -2.31. The van der Waals surface area contributed by atoms with Gasteiger partial charge in [-0.2, -0.15) is 4.98 Å². The Morgan fingerprint density at radius 3 is 3.06 bits per heavy atom. The second kappa shape index (κ2) is 5.48. The fourth-order valence-corrected chi connectivity index (χ4v) is 2.32. The maximum absolute atomic E-state index is 13.4. The normalized spacial score (nSPS) is 23.7. The topological polar surface area (TPSA) is 75.1 Å². The van der Waals surface area contributed by atoms with Gasteiger partial charge in [-0.05, 0) is 30.9 Å². The molecule has 1 unspecified atom stereocenters. The van der Waals surface area contributed by atoms with E-state index in [1.165, 1.54) is 0 Å². The van der Waals surface area contributed by atoms with Gasteiger partial charge < -0.3 is 10.4 Å². The number of rotatable bonds is 3. The second-order valence-electron chi connectivity index (χ2n) is 4.38. The summed E-state index contributed by atoms with van der Waals surface area (Å²) in [7, 11) is 0. The molecule has 0 aromatic carbocycles. The van der Waals surface area contributed by atoms with Crippen molar-refractivity contribution in [2.45, 2.75) is 31.7 Å². The number of aromatic nitrogens is 2. The van der Waals surface area contributed by atoms with E-state index in [1.807, 2.05) is 0 Å². The minimum absolute atomic E-state index is 0.0334. The number of nitrogens with one attached hydrogen (secondary N) is 1. The Bertz CT molecular complexity index is 458. The predicted octanol–water partition coefficient (Wildman–Crippen LogP) is 2.32. The van der Waals surface area contributed by atoms with Crippen LogP contribution in [0, 0.1) is 11.7 Å². The molecule has 1 heterocycles. The zero-order valence-corrected chi connectivity index (χ0v) is 10.3. The predicted molar refractivity (Wildman–Crippen MR) is 64.0 cm³/mol. The average Bonchev–Trinajstić information content (AvgIpc) is 2.34. The van der Waals surface area contributed by atoms with E-state index in [4.69, 9.17) is 16.7 Å². The molecule has 0 bridgehead atoms. The van der Waals surface area contributed by atoms with Crippen LogP contribution in [0.1, 0.15) is 25.7 Å². The molecule has 1 aliphatic carbocycles. The third-order valence-corrected chi connectivity index (χ3v) is 3.26. The first kappa shape index (κ1) is 13.0. The van der Waals surface area contributed by atoms with Crippen LogP contribution in [0.15, 0.2) is 6.20 Å². The number of hydrogen-bond acceptors (Lipinski definition) is 4. The van der Waals surface area contributed by atoms with Crippen molar-refractivity contribution in [2.75, 3.05) is 5.32 Å². The van der Waals surface area contributed by atoms with Crippen molar-refractivity contribution >= 4 is 23.4 Å². The van der Waals surface area contributed by atoms with E-state index < -0.39 is 11.8 Å². The van der Waals surface area contributed by atoms with Gasteiger partial charge in [-0.3, -0.25) is 4.79 Å². The summed E-state index contributed by atoms with van der Waals surface area (Å²) in [6, 6.07) is -0.0969. The Balaban J connectivity index is 2.04. The van der Waals surface area contributed by atoms with Crippen LogP contribution in [0.25, 0.3) is 0 Å². The first-order valence-corrected chi connectivity index (χ1v) is 6.11. The summed E-state index contributed by atoms with van der Waals surface area (Å²) in [4.78, 5) is 18.2. The number of anilines is 1. The molecule has 2 atom stereocenters. The van der Waals surface area contributed by atoms with Crippen molar-refractivity contribution < 1.29 is 14.3 Å². The van der Waals surface area contributed by atoms with Crippen LogP contribution < -0.4 is 5.32 Å². The van der Waals surface area contributed by atoms with Crippen molar-refractivity contribution in [3.05, 3.63) is 17.3 Å². The first-order valence-electron chi connectivity index (χ1n) is 5.73. The van der Waals surface area contributed by atoms with Crippen LogP contribution >= 0.6 is 11.6 Å². The molecule has 2 N–H and O–H groups in total. The standard InChI is InChI=1S/C11H13ClFN3O2/c12-11-14-5-8(13)9(16-11)15-7-3-1-2-6(4-7)10(17)18/h5-7H,1-4H2,(H,17,18)(H,14,15,16)/t6-,7?/m1/s1. The molecule has 98 valence electrons. The van der Waals surface area contributed by atoms with E-state index in [-0.39, 0.29) is 23.1 Å². The summed E-state index contributed by atoms with van der Waals surface area (Å²) in [6.45, 7) is 0. The molecule has 2 rings (SSSR count). The molecule has 1 aliphatic rings. The van der Waals surface area contributed by atoms with E-state index in [0.29, 0.717) is 12.8 Å². The number of aliphatic carboxylic acids is 1. The Morgan fingerprint density at radius 2 is 2.33 bits per heavy atom. The second-order valence-corrected chi connectivity index (χ2v) is 4.72. The van der Waals surface area contributed by atoms with Gasteiger partial charge in [0.05, 0.1) is 12.1 Å². The van der Waals surface area contributed by atoms with Crippen molar-refractivity contribution in [3.63, 3.8) is 0 Å². The number of carbonyl (C=O) groups is 1. The number of hydrogen-bond donors (Lipinski definition) is 2. The van der Waals surface area contributed by atoms with Crippen LogP contribution in [0.3, 0.4) is 0 Å². The van der Waals surface area contributed by atoms with Gasteiger partial charge in [0.25, 0.3) is 0 Å². The van der Waals surface area contributed by atoms with Gasteiger partial charge in [0.2, 0.25) is 5.28 Å². The Hall–Kier alpha value is -1.43. The molecule has 1 aromatic rings. The number of carboxylic acids is 1. The Kier molecular flexibility index (Phi) is 3.96. The van der Waals surface area contributed by atoms with E-state index in [2.05, 4.69) is 15.3 Å². The Morgan fingerprint density at radius 1 is 1.56 bits per heavy atom. The Labute approximate surface area is 108 Å². The molecule has 7 heteroatoms. The third kappa shape index (κ3) is 3.07. The molecule has 0 saturated heterocycles. The highest BCUT2D eigenvalue weighted by Crippen LogP contribution is 2.27. The van der Waals surface area contributed by atoms with Crippen molar-refractivity contribution in [3.8, 4) is 0 Å². The van der Waals surface area contributed by atoms with Crippen molar-refractivity contribution in [1.29, 1.82) is 0 Å². The monoisotopic (exact) mass is 273 g/mol. The van der Waals surface area contributed by atoms with E-state index in [0.717, 1.165) is 19.0 Å². The van der Waals surface area contributed by atoms with Gasteiger partial charge in [-0.15, -0.1) is 0 Å². The molecular formula is C11H13ClFN3O2. The lowest BCUT2D eigenvalue weighted by atomic mass is 9.86. The van der Waals surface area contributed by atoms with Gasteiger partial charge in [0.1, 0.15) is 0 Å². The van der Waals surface area contributed by atoms with Crippen LogP contribution in [-0.4, -0.2) is 27.1 Å². The molecule has 1 fully saturated rings. The van der Waals surface area contributed by atoms with Crippen molar-refractivity contribution in [2.24, 2.45) is 5.92 Å². The van der Waals surface area contributed by atoms with Gasteiger partial charge in [-0.1, -0.05) is 6.42 Å². The van der Waals surface area contributed by atoms with Gasteiger partial charge in [-0.25, -0.2) is 9.37 Å². The van der Waals surface area contributed by atoms with Crippen LogP contribution in [0.5, 0.6) is 0 Å². The largest absolute Gasteiger partial charge is 0.481 e. The lowest BCUT2D eigenvalue weighted by Gasteiger charge is -2.27. The molecule has 5 nitrogen and oxygen atoms in total. The number of halogens is 2. The van der Waals surface area contributed by atoms with E-state index >= 15 is 0 Å². The molecule has 0 spiro atoms. The van der Waals surface area contributed by atoms with Crippen molar-refractivity contribution in [1.82, 2.24) is 9.97 Å². The fourth-order valence-electron chi connectivity index (χ4n) is 2.19. The maximum atomic E-state index is 13.4. The minimum atomic E-state index is -0.803. The SMILES string of the molecule is O=C(O)[C@@H]1CCCC(Nc2nc(Cl)ncc2F)C1. The fraction of sp³-hybridized carbons (Fsp3) is 0.545. The van der Waals surface area contributed by atoms with Crippen LogP contribution in [-0.2, 0) is 4.79 Å². The molecule has 0 aliphatic heterocycles. The summed E-state index contributed by atoms with van der Waals surface area (Å²) >= 11 is 5.59. The zero-order valence-electron chi connectivity index (χ0n) is 9.57. The summed E-state index contributed by atoms with van der Waals surface area (Å²) in [6.07, 6.45) is 3.73. The van der Waals surface area contributed by atoms with Crippen LogP contribution in [0.4, 0.5) is 10.2 Å². The quantitative estimate of drug-likeness (QED) is 0.827. The summed E-state index contributed by atoms with van der Waals surface area (Å²) in [5.41, 5.74) is 0. The van der Waals surface area contributed by atoms with Gasteiger partial charge in [0.15, 0.2) is 11.6 Å². The molecule has 1 saturated carbocycles. The lowest BCUT2D eigenvalue weighted by molar-refractivity contribution is -0.142. The smallest absolute Gasteiger partial charge is 0.306 e. The van der Waals surface area contributed by atoms with E-state index in [1.54, 1.807) is 0 Å². The van der Waals surface area contributed by atoms with Gasteiger partial charge >= 0.3 is 5.97 Å². The van der Waals surface area contributed by atoms with Crippen LogP contribution in [0.2, 0.25) is 5.28 Å². The summed E-state index contributed by atoms with van der Waals surface area (Å²) in [5.74, 6) is -1.73. The highest BCUT2D eigenvalue weighted by Gasteiger charge is 2.27.